The number of thiazole rings is 1. The summed E-state index contributed by atoms with van der Waals surface area (Å²) in [5.41, 5.74) is 0.655. The molecule has 1 aromatic carbocycles. The zero-order valence-electron chi connectivity index (χ0n) is 10.4. The molecule has 98 valence electrons. The van der Waals surface area contributed by atoms with Crippen LogP contribution < -0.4 is 5.32 Å². The molecule has 0 saturated heterocycles. The number of carbonyl (C=O) groups is 1. The molecule has 1 aliphatic rings. The second-order valence-electron chi connectivity index (χ2n) is 4.81. The molecule has 2 aromatic rings. The van der Waals surface area contributed by atoms with Crippen molar-refractivity contribution < 1.29 is 9.18 Å². The highest BCUT2D eigenvalue weighted by atomic mass is 32.1. The van der Waals surface area contributed by atoms with E-state index in [0.29, 0.717) is 23.5 Å². The Hall–Kier alpha value is -1.75. The summed E-state index contributed by atoms with van der Waals surface area (Å²) in [5.74, 6) is -0.475. The zero-order valence-corrected chi connectivity index (χ0v) is 11.3. The number of hydrogen-bond donors (Lipinski definition) is 1. The average Bonchev–Trinajstić information content (AvgIpc) is 3.09. The van der Waals surface area contributed by atoms with Gasteiger partial charge in [0.25, 0.3) is 0 Å². The number of amides is 1. The summed E-state index contributed by atoms with van der Waals surface area (Å²) in [7, 11) is 0. The molecule has 0 unspecified atom stereocenters. The highest BCUT2D eigenvalue weighted by Gasteiger charge is 2.52. The third kappa shape index (κ3) is 2.14. The van der Waals surface area contributed by atoms with Crippen LogP contribution in [0.2, 0.25) is 0 Å². The first-order valence-electron chi connectivity index (χ1n) is 6.10. The van der Waals surface area contributed by atoms with Crippen molar-refractivity contribution in [3.8, 4) is 0 Å². The molecule has 1 aliphatic carbocycles. The van der Waals surface area contributed by atoms with Crippen molar-refractivity contribution >= 4 is 22.4 Å². The fourth-order valence-corrected chi connectivity index (χ4v) is 2.90. The highest BCUT2D eigenvalue weighted by molar-refractivity contribution is 7.13. The molecule has 19 heavy (non-hydrogen) atoms. The number of aromatic nitrogens is 1. The van der Waals surface area contributed by atoms with Crippen molar-refractivity contribution in [1.82, 2.24) is 4.98 Å². The maximum atomic E-state index is 13.8. The Bertz CT molecular complexity index is 634. The second-order valence-corrected chi connectivity index (χ2v) is 5.67. The van der Waals surface area contributed by atoms with Crippen LogP contribution >= 0.6 is 11.3 Å². The molecule has 5 heteroatoms. The Kier molecular flexibility index (Phi) is 2.86. The summed E-state index contributed by atoms with van der Waals surface area (Å²) >= 11 is 1.38. The van der Waals surface area contributed by atoms with E-state index in [0.717, 1.165) is 5.69 Å². The van der Waals surface area contributed by atoms with Gasteiger partial charge in [-0.15, -0.1) is 11.3 Å². The molecule has 0 spiro atoms. The Morgan fingerprint density at radius 1 is 1.42 bits per heavy atom. The Morgan fingerprint density at radius 2 is 2.16 bits per heavy atom. The van der Waals surface area contributed by atoms with Gasteiger partial charge < -0.3 is 5.32 Å². The Balaban J connectivity index is 1.85. The third-order valence-corrected chi connectivity index (χ3v) is 4.29. The number of halogens is 1. The van der Waals surface area contributed by atoms with E-state index in [-0.39, 0.29) is 11.7 Å². The Morgan fingerprint density at radius 3 is 2.74 bits per heavy atom. The summed E-state index contributed by atoms with van der Waals surface area (Å²) in [5, 5.41) is 5.24. The van der Waals surface area contributed by atoms with E-state index in [1.807, 2.05) is 12.3 Å². The van der Waals surface area contributed by atoms with E-state index in [1.165, 1.54) is 17.4 Å². The number of nitrogens with zero attached hydrogens (tertiary/aromatic N) is 1. The van der Waals surface area contributed by atoms with E-state index in [2.05, 4.69) is 10.3 Å². The van der Waals surface area contributed by atoms with Crippen molar-refractivity contribution in [3.63, 3.8) is 0 Å². The van der Waals surface area contributed by atoms with Crippen LogP contribution in [0.3, 0.4) is 0 Å². The summed E-state index contributed by atoms with van der Waals surface area (Å²) in [6.07, 6.45) is 1.37. The second kappa shape index (κ2) is 4.42. The van der Waals surface area contributed by atoms with Gasteiger partial charge >= 0.3 is 0 Å². The molecule has 0 atom stereocenters. The van der Waals surface area contributed by atoms with Crippen LogP contribution in [-0.4, -0.2) is 10.9 Å². The van der Waals surface area contributed by atoms with Gasteiger partial charge in [-0.2, -0.15) is 0 Å². The highest BCUT2D eigenvalue weighted by Crippen LogP contribution is 2.49. The predicted molar refractivity (Wildman–Crippen MR) is 72.8 cm³/mol. The summed E-state index contributed by atoms with van der Waals surface area (Å²) in [6, 6.07) is 6.49. The van der Waals surface area contributed by atoms with Crippen molar-refractivity contribution in [2.24, 2.45) is 0 Å². The molecule has 1 N–H and O–H groups in total. The molecule has 1 saturated carbocycles. The molecule has 3 nitrogen and oxygen atoms in total. The lowest BCUT2D eigenvalue weighted by Crippen LogP contribution is -2.28. The van der Waals surface area contributed by atoms with Crippen LogP contribution in [0.4, 0.5) is 9.52 Å². The van der Waals surface area contributed by atoms with Gasteiger partial charge in [0.2, 0.25) is 5.91 Å². The fraction of sp³-hybridized carbons (Fsp3) is 0.286. The minimum Gasteiger partial charge on any atom is -0.301 e. The first-order chi connectivity index (χ1) is 9.12. The van der Waals surface area contributed by atoms with Gasteiger partial charge in [-0.25, -0.2) is 9.37 Å². The van der Waals surface area contributed by atoms with Gasteiger partial charge in [0.05, 0.1) is 11.1 Å². The number of nitrogens with one attached hydrogen (secondary N) is 1. The standard InChI is InChI=1S/C14H13FN2OS/c1-9-8-19-13(16-9)17-12(18)14(6-7-14)10-4-2-3-5-11(10)15/h2-5,8H,6-7H2,1H3,(H,16,17,18). The molecular weight excluding hydrogens is 263 g/mol. The van der Waals surface area contributed by atoms with Gasteiger partial charge in [0.1, 0.15) is 5.82 Å². The quantitative estimate of drug-likeness (QED) is 0.935. The fourth-order valence-electron chi connectivity index (χ4n) is 2.22. The monoisotopic (exact) mass is 276 g/mol. The van der Waals surface area contributed by atoms with E-state index >= 15 is 0 Å². The molecular formula is C14H13FN2OS. The molecule has 3 rings (SSSR count). The Labute approximate surface area is 114 Å². The number of hydrogen-bond acceptors (Lipinski definition) is 3. The van der Waals surface area contributed by atoms with Gasteiger partial charge in [0, 0.05) is 10.9 Å². The minimum atomic E-state index is -0.703. The van der Waals surface area contributed by atoms with Gasteiger partial charge in [-0.05, 0) is 25.8 Å². The molecule has 0 aliphatic heterocycles. The summed E-state index contributed by atoms with van der Waals surface area (Å²) in [6.45, 7) is 1.87. The maximum absolute atomic E-state index is 13.8. The van der Waals surface area contributed by atoms with Crippen LogP contribution in [-0.2, 0) is 10.2 Å². The third-order valence-electron chi connectivity index (χ3n) is 3.41. The van der Waals surface area contributed by atoms with Crippen LogP contribution in [0.15, 0.2) is 29.6 Å². The van der Waals surface area contributed by atoms with Crippen LogP contribution in [0.5, 0.6) is 0 Å². The topological polar surface area (TPSA) is 42.0 Å². The van der Waals surface area contributed by atoms with E-state index in [1.54, 1.807) is 18.2 Å². The normalized spacial score (nSPS) is 16.1. The lowest BCUT2D eigenvalue weighted by molar-refractivity contribution is -0.118. The van der Waals surface area contributed by atoms with Crippen LogP contribution in [0.1, 0.15) is 24.1 Å². The lowest BCUT2D eigenvalue weighted by Gasteiger charge is -2.15. The summed E-state index contributed by atoms with van der Waals surface area (Å²) in [4.78, 5) is 16.5. The van der Waals surface area contributed by atoms with E-state index < -0.39 is 5.41 Å². The summed E-state index contributed by atoms with van der Waals surface area (Å²) < 4.78 is 13.8. The number of carbonyl (C=O) groups excluding carboxylic acids is 1. The SMILES string of the molecule is Cc1csc(NC(=O)C2(c3ccccc3F)CC2)n1. The van der Waals surface area contributed by atoms with Crippen LogP contribution in [0.25, 0.3) is 0 Å². The zero-order chi connectivity index (χ0) is 13.5. The minimum absolute atomic E-state index is 0.160. The number of benzene rings is 1. The lowest BCUT2D eigenvalue weighted by atomic mass is 9.94. The predicted octanol–water partition coefficient (Wildman–Crippen LogP) is 3.26. The molecule has 1 fully saturated rings. The van der Waals surface area contributed by atoms with Gasteiger partial charge in [-0.1, -0.05) is 18.2 Å². The number of aryl methyl sites for hydroxylation is 1. The smallest absolute Gasteiger partial charge is 0.236 e. The van der Waals surface area contributed by atoms with Gasteiger partial charge in [0.15, 0.2) is 5.13 Å². The van der Waals surface area contributed by atoms with Crippen molar-refractivity contribution in [1.29, 1.82) is 0 Å². The molecule has 0 bridgehead atoms. The van der Waals surface area contributed by atoms with Crippen molar-refractivity contribution in [2.45, 2.75) is 25.2 Å². The molecule has 0 radical (unpaired) electrons. The first kappa shape index (κ1) is 12.3. The molecule has 1 aromatic heterocycles. The first-order valence-corrected chi connectivity index (χ1v) is 6.98. The largest absolute Gasteiger partial charge is 0.301 e. The number of rotatable bonds is 3. The van der Waals surface area contributed by atoms with E-state index in [4.69, 9.17) is 0 Å². The average molecular weight is 276 g/mol. The molecule has 1 heterocycles. The maximum Gasteiger partial charge on any atom is 0.236 e. The number of anilines is 1. The van der Waals surface area contributed by atoms with Crippen LogP contribution in [0, 0.1) is 12.7 Å². The van der Waals surface area contributed by atoms with Crippen molar-refractivity contribution in [2.75, 3.05) is 5.32 Å². The van der Waals surface area contributed by atoms with E-state index in [9.17, 15) is 9.18 Å². The van der Waals surface area contributed by atoms with Gasteiger partial charge in [-0.3, -0.25) is 4.79 Å². The van der Waals surface area contributed by atoms with Crippen molar-refractivity contribution in [3.05, 3.63) is 46.7 Å². The molecule has 1 amide bonds.